The summed E-state index contributed by atoms with van der Waals surface area (Å²) in [5, 5.41) is 0. The monoisotopic (exact) mass is 189 g/mol. The summed E-state index contributed by atoms with van der Waals surface area (Å²) in [6, 6.07) is 4.12. The Morgan fingerprint density at radius 1 is 1.43 bits per heavy atom. The van der Waals surface area contributed by atoms with E-state index in [2.05, 4.69) is 11.1 Å². The van der Waals surface area contributed by atoms with Crippen LogP contribution in [0.25, 0.3) is 0 Å². The molecule has 2 heteroatoms. The number of hydrogen-bond acceptors (Lipinski definition) is 2. The molecular weight excluding hydrogens is 174 g/mol. The SMILES string of the molecule is Cc1ccc(C2CCC(=O)C2C)cn1. The number of aromatic nitrogens is 1. The van der Waals surface area contributed by atoms with Gasteiger partial charge in [0.25, 0.3) is 0 Å². The summed E-state index contributed by atoms with van der Waals surface area (Å²) >= 11 is 0. The molecule has 2 unspecified atom stereocenters. The lowest BCUT2D eigenvalue weighted by molar-refractivity contribution is -0.120. The molecule has 0 spiro atoms. The number of aryl methyl sites for hydroxylation is 1. The largest absolute Gasteiger partial charge is 0.299 e. The Morgan fingerprint density at radius 2 is 2.21 bits per heavy atom. The van der Waals surface area contributed by atoms with Crippen molar-refractivity contribution in [2.45, 2.75) is 32.6 Å². The van der Waals surface area contributed by atoms with Gasteiger partial charge in [-0.3, -0.25) is 9.78 Å². The lowest BCUT2D eigenvalue weighted by Gasteiger charge is -2.13. The van der Waals surface area contributed by atoms with Gasteiger partial charge in [-0.15, -0.1) is 0 Å². The molecule has 2 nitrogen and oxygen atoms in total. The van der Waals surface area contributed by atoms with Crippen LogP contribution in [0.15, 0.2) is 18.3 Å². The van der Waals surface area contributed by atoms with E-state index in [1.54, 1.807) is 0 Å². The summed E-state index contributed by atoms with van der Waals surface area (Å²) in [5.41, 5.74) is 2.25. The van der Waals surface area contributed by atoms with Gasteiger partial charge in [0.1, 0.15) is 5.78 Å². The van der Waals surface area contributed by atoms with E-state index in [0.717, 1.165) is 18.5 Å². The van der Waals surface area contributed by atoms with Crippen LogP contribution in [0.5, 0.6) is 0 Å². The van der Waals surface area contributed by atoms with Crippen molar-refractivity contribution in [3.05, 3.63) is 29.6 Å². The topological polar surface area (TPSA) is 30.0 Å². The Morgan fingerprint density at radius 3 is 2.71 bits per heavy atom. The highest BCUT2D eigenvalue weighted by molar-refractivity contribution is 5.84. The zero-order valence-electron chi connectivity index (χ0n) is 8.66. The Bertz CT molecular complexity index is 342. The lowest BCUT2D eigenvalue weighted by Crippen LogP contribution is -2.09. The van der Waals surface area contributed by atoms with E-state index in [-0.39, 0.29) is 5.92 Å². The van der Waals surface area contributed by atoms with Crippen LogP contribution in [0, 0.1) is 12.8 Å². The summed E-state index contributed by atoms with van der Waals surface area (Å²) in [4.78, 5) is 15.7. The first-order valence-electron chi connectivity index (χ1n) is 5.14. The van der Waals surface area contributed by atoms with Crippen molar-refractivity contribution in [3.63, 3.8) is 0 Å². The number of pyridine rings is 1. The van der Waals surface area contributed by atoms with Gasteiger partial charge in [-0.1, -0.05) is 13.0 Å². The van der Waals surface area contributed by atoms with Crippen molar-refractivity contribution >= 4 is 5.78 Å². The standard InChI is InChI=1S/C12H15NO/c1-8-3-4-10(7-13-8)11-5-6-12(14)9(11)2/h3-4,7,9,11H,5-6H2,1-2H3. The molecule has 0 aliphatic heterocycles. The van der Waals surface area contributed by atoms with Gasteiger partial charge in [-0.05, 0) is 30.9 Å². The fourth-order valence-corrected chi connectivity index (χ4v) is 2.15. The van der Waals surface area contributed by atoms with Gasteiger partial charge in [0.15, 0.2) is 0 Å². The fraction of sp³-hybridized carbons (Fsp3) is 0.500. The Labute approximate surface area is 84.4 Å². The number of carbonyl (C=O) groups excluding carboxylic acids is 1. The number of hydrogen-bond donors (Lipinski definition) is 0. The highest BCUT2D eigenvalue weighted by atomic mass is 16.1. The van der Waals surface area contributed by atoms with E-state index in [4.69, 9.17) is 0 Å². The number of Topliss-reactive ketones (excluding diaryl/α,β-unsaturated/α-hetero) is 1. The predicted octanol–water partition coefficient (Wildman–Crippen LogP) is 2.47. The summed E-state index contributed by atoms with van der Waals surface area (Å²) in [5.74, 6) is 0.977. The first kappa shape index (κ1) is 9.38. The second-order valence-corrected chi connectivity index (χ2v) is 4.13. The third-order valence-corrected chi connectivity index (χ3v) is 3.18. The van der Waals surface area contributed by atoms with E-state index in [0.29, 0.717) is 11.7 Å². The molecule has 14 heavy (non-hydrogen) atoms. The Kier molecular flexibility index (Phi) is 2.36. The quantitative estimate of drug-likeness (QED) is 0.679. The van der Waals surface area contributed by atoms with Gasteiger partial charge in [0, 0.05) is 24.2 Å². The second kappa shape index (κ2) is 3.52. The number of ketones is 1. The molecule has 0 radical (unpaired) electrons. The van der Waals surface area contributed by atoms with Crippen LogP contribution in [-0.2, 0) is 4.79 Å². The van der Waals surface area contributed by atoms with Gasteiger partial charge >= 0.3 is 0 Å². The lowest BCUT2D eigenvalue weighted by atomic mass is 9.91. The first-order valence-corrected chi connectivity index (χ1v) is 5.14. The van der Waals surface area contributed by atoms with Crippen LogP contribution in [0.2, 0.25) is 0 Å². The van der Waals surface area contributed by atoms with Crippen LogP contribution in [0.4, 0.5) is 0 Å². The molecule has 0 bridgehead atoms. The maximum absolute atomic E-state index is 11.4. The Balaban J connectivity index is 2.23. The van der Waals surface area contributed by atoms with Crippen molar-refractivity contribution in [3.8, 4) is 0 Å². The van der Waals surface area contributed by atoms with E-state index < -0.39 is 0 Å². The molecule has 1 heterocycles. The summed E-state index contributed by atoms with van der Waals surface area (Å²) in [6.45, 7) is 4.01. The van der Waals surface area contributed by atoms with Gasteiger partial charge < -0.3 is 0 Å². The molecule has 0 saturated heterocycles. The minimum absolute atomic E-state index is 0.180. The van der Waals surface area contributed by atoms with E-state index in [1.807, 2.05) is 26.1 Å². The van der Waals surface area contributed by atoms with Gasteiger partial charge in [-0.2, -0.15) is 0 Å². The van der Waals surface area contributed by atoms with Crippen molar-refractivity contribution < 1.29 is 4.79 Å². The van der Waals surface area contributed by atoms with E-state index in [9.17, 15) is 4.79 Å². The van der Waals surface area contributed by atoms with Crippen molar-refractivity contribution in [2.75, 3.05) is 0 Å². The third-order valence-electron chi connectivity index (χ3n) is 3.18. The molecule has 2 rings (SSSR count). The molecule has 0 aromatic carbocycles. The van der Waals surface area contributed by atoms with Gasteiger partial charge in [-0.25, -0.2) is 0 Å². The molecule has 2 atom stereocenters. The molecule has 0 N–H and O–H groups in total. The zero-order chi connectivity index (χ0) is 10.1. The number of carbonyl (C=O) groups is 1. The summed E-state index contributed by atoms with van der Waals surface area (Å²) in [6.07, 6.45) is 3.64. The van der Waals surface area contributed by atoms with E-state index >= 15 is 0 Å². The second-order valence-electron chi connectivity index (χ2n) is 4.13. The van der Waals surface area contributed by atoms with Gasteiger partial charge in [0.2, 0.25) is 0 Å². The predicted molar refractivity (Wildman–Crippen MR) is 55.1 cm³/mol. The van der Waals surface area contributed by atoms with Crippen molar-refractivity contribution in [1.29, 1.82) is 0 Å². The molecule has 0 amide bonds. The normalized spacial score (nSPS) is 26.9. The molecule has 74 valence electrons. The maximum Gasteiger partial charge on any atom is 0.136 e. The summed E-state index contributed by atoms with van der Waals surface area (Å²) < 4.78 is 0. The van der Waals surface area contributed by atoms with Gasteiger partial charge in [0.05, 0.1) is 0 Å². The molecule has 1 fully saturated rings. The van der Waals surface area contributed by atoms with Crippen LogP contribution in [0.1, 0.15) is 36.9 Å². The smallest absolute Gasteiger partial charge is 0.136 e. The number of rotatable bonds is 1. The molecule has 1 aromatic heterocycles. The molecule has 1 aliphatic rings. The minimum Gasteiger partial charge on any atom is -0.299 e. The highest BCUT2D eigenvalue weighted by Gasteiger charge is 2.31. The molecule has 1 saturated carbocycles. The van der Waals surface area contributed by atoms with Crippen LogP contribution in [-0.4, -0.2) is 10.8 Å². The Hall–Kier alpha value is -1.18. The maximum atomic E-state index is 11.4. The minimum atomic E-state index is 0.180. The first-order chi connectivity index (χ1) is 6.68. The van der Waals surface area contributed by atoms with Crippen LogP contribution < -0.4 is 0 Å². The molecule has 1 aliphatic carbocycles. The zero-order valence-corrected chi connectivity index (χ0v) is 8.66. The molecular formula is C12H15NO. The van der Waals surface area contributed by atoms with Crippen LogP contribution >= 0.6 is 0 Å². The highest BCUT2D eigenvalue weighted by Crippen LogP contribution is 2.36. The number of nitrogens with zero attached hydrogens (tertiary/aromatic N) is 1. The average molecular weight is 189 g/mol. The molecule has 1 aromatic rings. The summed E-state index contributed by atoms with van der Waals surface area (Å²) in [7, 11) is 0. The third kappa shape index (κ3) is 1.57. The van der Waals surface area contributed by atoms with E-state index in [1.165, 1.54) is 5.56 Å². The van der Waals surface area contributed by atoms with Crippen molar-refractivity contribution in [2.24, 2.45) is 5.92 Å². The van der Waals surface area contributed by atoms with Crippen LogP contribution in [0.3, 0.4) is 0 Å². The fourth-order valence-electron chi connectivity index (χ4n) is 2.15. The average Bonchev–Trinajstić information content (AvgIpc) is 2.50. The van der Waals surface area contributed by atoms with Crippen molar-refractivity contribution in [1.82, 2.24) is 4.98 Å².